The molecule has 0 aliphatic carbocycles. The first-order valence-electron chi connectivity index (χ1n) is 27.6. The molecule has 59 heavy (non-hydrogen) atoms. The highest BCUT2D eigenvalue weighted by atomic mass is 16.4. The first-order chi connectivity index (χ1) is 29.1. The summed E-state index contributed by atoms with van der Waals surface area (Å²) in [5.41, 5.74) is 0. The average molecular weight is 835 g/mol. The van der Waals surface area contributed by atoms with Crippen LogP contribution in [0.25, 0.3) is 0 Å². The number of hydrogen-bond donors (Lipinski definition) is 3. The van der Waals surface area contributed by atoms with Crippen LogP contribution >= 0.6 is 0 Å². The summed E-state index contributed by atoms with van der Waals surface area (Å²) in [7, 11) is 0. The molecule has 0 radical (unpaired) electrons. The van der Waals surface area contributed by atoms with Gasteiger partial charge in [0.15, 0.2) is 5.78 Å². The first kappa shape index (κ1) is 58.6. The van der Waals surface area contributed by atoms with E-state index < -0.39 is 18.8 Å². The van der Waals surface area contributed by atoms with E-state index in [1.54, 1.807) is 0 Å². The first-order valence-corrected chi connectivity index (χ1v) is 27.6. The van der Waals surface area contributed by atoms with Crippen LogP contribution in [0.1, 0.15) is 322 Å². The molecule has 3 unspecified atom stereocenters. The highest BCUT2D eigenvalue weighted by molar-refractivity contribution is 5.85. The number of Topliss-reactive ketones (excluding diaryl/α,β-unsaturated/α-hetero) is 1. The number of rotatable bonds is 52. The molecule has 0 heterocycles. The van der Waals surface area contributed by atoms with Crippen LogP contribution in [0.3, 0.4) is 0 Å². The Labute approximate surface area is 371 Å². The number of aliphatic hydroxyl groups is 3. The normalized spacial score (nSPS) is 13.3. The largest absolute Gasteiger partial charge is 0.394 e. The summed E-state index contributed by atoms with van der Waals surface area (Å²) in [4.78, 5) is 13.0. The molecule has 354 valence electrons. The minimum absolute atomic E-state index is 0.198. The lowest BCUT2D eigenvalue weighted by atomic mass is 9.87. The quantitative estimate of drug-likeness (QED) is 0.0534. The monoisotopic (exact) mass is 835 g/mol. The Bertz CT molecular complexity index is 785. The van der Waals surface area contributed by atoms with Crippen molar-refractivity contribution in [3.8, 4) is 0 Å². The van der Waals surface area contributed by atoms with E-state index in [1.807, 2.05) is 0 Å². The van der Waals surface area contributed by atoms with Gasteiger partial charge in [0.1, 0.15) is 12.2 Å². The predicted octanol–water partition coefficient (Wildman–Crippen LogP) is 17.7. The molecule has 0 fully saturated rings. The Morgan fingerprint density at radius 3 is 0.644 bits per heavy atom. The van der Waals surface area contributed by atoms with Crippen molar-refractivity contribution in [1.29, 1.82) is 0 Å². The summed E-state index contributed by atoms with van der Waals surface area (Å²) in [6.45, 7) is 4.01. The topological polar surface area (TPSA) is 77.8 Å². The predicted molar refractivity (Wildman–Crippen MR) is 261 cm³/mol. The third-order valence-electron chi connectivity index (χ3n) is 13.6. The Balaban J connectivity index is 3.65. The number of carbonyl (C=O) groups excluding carboxylic acids is 1. The molecule has 0 aliphatic heterocycles. The molecule has 4 heteroatoms. The third-order valence-corrected chi connectivity index (χ3v) is 13.6. The zero-order valence-electron chi connectivity index (χ0n) is 40.6. The molecular formula is C55H110O4. The number of ketones is 1. The van der Waals surface area contributed by atoms with E-state index in [0.717, 1.165) is 38.5 Å². The fourth-order valence-corrected chi connectivity index (χ4v) is 9.31. The highest BCUT2D eigenvalue weighted by Gasteiger charge is 2.29. The van der Waals surface area contributed by atoms with E-state index in [2.05, 4.69) is 13.8 Å². The molecular weight excluding hydrogens is 725 g/mol. The smallest absolute Gasteiger partial charge is 0.167 e. The lowest BCUT2D eigenvalue weighted by Crippen LogP contribution is -2.40. The van der Waals surface area contributed by atoms with Crippen molar-refractivity contribution in [2.75, 3.05) is 6.61 Å². The molecule has 0 saturated heterocycles. The summed E-state index contributed by atoms with van der Waals surface area (Å²) in [6, 6.07) is 0. The van der Waals surface area contributed by atoms with Gasteiger partial charge in [-0.05, 0) is 12.8 Å². The summed E-state index contributed by atoms with van der Waals surface area (Å²) < 4.78 is 0. The molecule has 0 aromatic heterocycles. The molecule has 0 bridgehead atoms. The molecule has 4 nitrogen and oxygen atoms in total. The second kappa shape index (κ2) is 50.2. The molecule has 0 rings (SSSR count). The van der Waals surface area contributed by atoms with Crippen LogP contribution < -0.4 is 0 Å². The minimum Gasteiger partial charge on any atom is -0.394 e. The van der Waals surface area contributed by atoms with Crippen molar-refractivity contribution in [2.45, 2.75) is 334 Å². The van der Waals surface area contributed by atoms with Crippen LogP contribution in [0.5, 0.6) is 0 Å². The van der Waals surface area contributed by atoms with Gasteiger partial charge >= 0.3 is 0 Å². The summed E-state index contributed by atoms with van der Waals surface area (Å²) >= 11 is 0. The number of carbonyl (C=O) groups is 1. The minimum atomic E-state index is -1.46. The van der Waals surface area contributed by atoms with Crippen molar-refractivity contribution < 1.29 is 20.1 Å². The lowest BCUT2D eigenvalue weighted by Gasteiger charge is -2.21. The van der Waals surface area contributed by atoms with Gasteiger partial charge in [-0.25, -0.2) is 0 Å². The van der Waals surface area contributed by atoms with Gasteiger partial charge in [-0.15, -0.1) is 0 Å². The van der Waals surface area contributed by atoms with Crippen LogP contribution in [0.4, 0.5) is 0 Å². The van der Waals surface area contributed by atoms with Crippen molar-refractivity contribution >= 4 is 5.78 Å². The SMILES string of the molecule is CCCCCCCCCCCCCCCCCCCCCCCCCCCCCCCCC(CCCCCCCCCCCCCCCCCC)C(=O)C(O)C(O)CO. The maximum Gasteiger partial charge on any atom is 0.167 e. The van der Waals surface area contributed by atoms with E-state index in [-0.39, 0.29) is 11.7 Å². The van der Waals surface area contributed by atoms with Gasteiger partial charge in [0.25, 0.3) is 0 Å². The second-order valence-corrected chi connectivity index (χ2v) is 19.4. The van der Waals surface area contributed by atoms with Crippen LogP contribution in [0, 0.1) is 5.92 Å². The van der Waals surface area contributed by atoms with E-state index in [0.29, 0.717) is 0 Å². The summed E-state index contributed by atoms with van der Waals surface area (Å²) in [6.07, 6.45) is 62.0. The van der Waals surface area contributed by atoms with Crippen LogP contribution in [-0.4, -0.2) is 39.9 Å². The molecule has 0 spiro atoms. The Kier molecular flexibility index (Phi) is 49.8. The van der Waals surface area contributed by atoms with Gasteiger partial charge in [-0.3, -0.25) is 4.79 Å². The standard InChI is InChI=1S/C55H110O4/c1-3-5-7-9-11-13-15-17-19-21-22-23-24-25-26-27-28-29-30-31-32-33-34-36-38-40-42-44-46-48-50-52(54(58)55(59)53(57)51-56)49-47-45-43-41-39-37-35-20-18-16-14-12-10-8-6-4-2/h52-53,55-57,59H,3-51H2,1-2H3. The molecule has 0 aromatic carbocycles. The fraction of sp³-hybridized carbons (Fsp3) is 0.982. The maximum atomic E-state index is 13.0. The van der Waals surface area contributed by atoms with Gasteiger partial charge in [0.2, 0.25) is 0 Å². The number of unbranched alkanes of at least 4 members (excludes halogenated alkanes) is 44. The van der Waals surface area contributed by atoms with Crippen molar-refractivity contribution in [2.24, 2.45) is 5.92 Å². The maximum absolute atomic E-state index is 13.0. The van der Waals surface area contributed by atoms with Crippen LogP contribution in [0.2, 0.25) is 0 Å². The van der Waals surface area contributed by atoms with Crippen LogP contribution in [0.15, 0.2) is 0 Å². The molecule has 0 amide bonds. The molecule has 0 saturated carbocycles. The molecule has 3 N–H and O–H groups in total. The number of hydrogen-bond acceptors (Lipinski definition) is 4. The van der Waals surface area contributed by atoms with Crippen LogP contribution in [-0.2, 0) is 4.79 Å². The average Bonchev–Trinajstić information content (AvgIpc) is 3.25. The van der Waals surface area contributed by atoms with Crippen molar-refractivity contribution in [1.82, 2.24) is 0 Å². The fourth-order valence-electron chi connectivity index (χ4n) is 9.31. The highest BCUT2D eigenvalue weighted by Crippen LogP contribution is 2.23. The van der Waals surface area contributed by atoms with Gasteiger partial charge in [0.05, 0.1) is 6.61 Å². The Morgan fingerprint density at radius 1 is 0.305 bits per heavy atom. The third kappa shape index (κ3) is 44.0. The summed E-state index contributed by atoms with van der Waals surface area (Å²) in [5, 5.41) is 29.6. The molecule has 0 aromatic rings. The summed E-state index contributed by atoms with van der Waals surface area (Å²) in [5.74, 6) is -0.459. The molecule has 0 aliphatic rings. The zero-order chi connectivity index (χ0) is 43.0. The Morgan fingerprint density at radius 2 is 0.475 bits per heavy atom. The van der Waals surface area contributed by atoms with E-state index in [4.69, 9.17) is 0 Å². The molecule has 3 atom stereocenters. The van der Waals surface area contributed by atoms with Gasteiger partial charge in [0, 0.05) is 5.92 Å². The van der Waals surface area contributed by atoms with Gasteiger partial charge in [-0.1, -0.05) is 309 Å². The van der Waals surface area contributed by atoms with Gasteiger partial charge < -0.3 is 15.3 Å². The Hall–Kier alpha value is -0.450. The van der Waals surface area contributed by atoms with Crippen molar-refractivity contribution in [3.63, 3.8) is 0 Å². The zero-order valence-corrected chi connectivity index (χ0v) is 40.6. The number of aliphatic hydroxyl groups excluding tert-OH is 3. The second-order valence-electron chi connectivity index (χ2n) is 19.4. The van der Waals surface area contributed by atoms with E-state index >= 15 is 0 Å². The van der Waals surface area contributed by atoms with E-state index in [1.165, 1.54) is 270 Å². The van der Waals surface area contributed by atoms with E-state index in [9.17, 15) is 20.1 Å². The lowest BCUT2D eigenvalue weighted by molar-refractivity contribution is -0.139. The van der Waals surface area contributed by atoms with Gasteiger partial charge in [-0.2, -0.15) is 0 Å². The van der Waals surface area contributed by atoms with Crippen molar-refractivity contribution in [3.05, 3.63) is 0 Å².